The van der Waals surface area contributed by atoms with Crippen LogP contribution in [-0.4, -0.2) is 58.8 Å². The Balaban J connectivity index is 1.39. The zero-order chi connectivity index (χ0) is 14.9. The summed E-state index contributed by atoms with van der Waals surface area (Å²) >= 11 is 0. The lowest BCUT2D eigenvalue weighted by atomic mass is 9.82. The van der Waals surface area contributed by atoms with Gasteiger partial charge in [0.2, 0.25) is 0 Å². The maximum atomic E-state index is 6.06. The molecular weight excluding hydrogens is 278 g/mol. The number of rotatable bonds is 4. The maximum Gasteiger partial charge on any atom is 0.193 e. The van der Waals surface area contributed by atoms with E-state index in [1.54, 1.807) is 0 Å². The first kappa shape index (κ1) is 14.1. The Labute approximate surface area is 131 Å². The molecule has 0 radical (unpaired) electrons. The van der Waals surface area contributed by atoms with Gasteiger partial charge in [-0.15, -0.1) is 0 Å². The zero-order valence-corrected chi connectivity index (χ0v) is 13.2. The molecule has 120 valence electrons. The molecule has 0 aliphatic carbocycles. The fourth-order valence-corrected chi connectivity index (χ4v) is 4.25. The first-order valence-corrected chi connectivity index (χ1v) is 8.49. The number of aromatic nitrogens is 2. The van der Waals surface area contributed by atoms with E-state index < -0.39 is 0 Å². The summed E-state index contributed by atoms with van der Waals surface area (Å²) in [5.41, 5.74) is 0. The minimum absolute atomic E-state index is 0.508. The summed E-state index contributed by atoms with van der Waals surface area (Å²) in [6.07, 6.45) is 9.17. The average Bonchev–Trinajstić information content (AvgIpc) is 3.27. The Morgan fingerprint density at radius 3 is 2.73 bits per heavy atom. The molecule has 4 heterocycles. The van der Waals surface area contributed by atoms with Gasteiger partial charge in [0.05, 0.1) is 25.1 Å². The maximum absolute atomic E-state index is 6.06. The molecule has 0 spiro atoms. The molecular formula is C16H25N5O. The molecule has 6 nitrogen and oxygen atoms in total. The lowest BCUT2D eigenvalue weighted by Gasteiger charge is -2.23. The number of nitrogens with one attached hydrogen (secondary N) is 1. The monoisotopic (exact) mass is 303 g/mol. The fraction of sp³-hybridized carbons (Fsp3) is 0.750. The Morgan fingerprint density at radius 2 is 2.09 bits per heavy atom. The summed E-state index contributed by atoms with van der Waals surface area (Å²) < 4.78 is 8.13. The standard InChI is InChI=1S/C16H25N5O/c1-2-18-16(19-6-8-20-7-5-17-11-20)21-9-12-13(10-21)15-4-3-14(12)22-15/h5,7,11-15H,2-4,6,8-10H2,1H3,(H,18,19). The van der Waals surface area contributed by atoms with E-state index in [2.05, 4.69) is 26.7 Å². The summed E-state index contributed by atoms with van der Waals surface area (Å²) in [6, 6.07) is 0. The summed E-state index contributed by atoms with van der Waals surface area (Å²) in [4.78, 5) is 11.3. The third-order valence-electron chi connectivity index (χ3n) is 5.27. The van der Waals surface area contributed by atoms with Crippen LogP contribution < -0.4 is 5.32 Å². The number of aliphatic imine (C=N–C) groups is 1. The van der Waals surface area contributed by atoms with Crippen molar-refractivity contribution in [3.05, 3.63) is 18.7 Å². The minimum atomic E-state index is 0.508. The molecule has 0 saturated carbocycles. The highest BCUT2D eigenvalue weighted by Gasteiger charge is 2.53. The van der Waals surface area contributed by atoms with Gasteiger partial charge in [-0.1, -0.05) is 0 Å². The van der Waals surface area contributed by atoms with Crippen molar-refractivity contribution in [3.8, 4) is 0 Å². The number of imidazole rings is 1. The van der Waals surface area contributed by atoms with Gasteiger partial charge in [-0.3, -0.25) is 4.99 Å². The third kappa shape index (κ3) is 2.49. The normalized spacial score (nSPS) is 33.5. The van der Waals surface area contributed by atoms with Crippen molar-refractivity contribution in [1.82, 2.24) is 19.8 Å². The number of hydrogen-bond acceptors (Lipinski definition) is 3. The minimum Gasteiger partial charge on any atom is -0.374 e. The van der Waals surface area contributed by atoms with Crippen LogP contribution in [0.3, 0.4) is 0 Å². The summed E-state index contributed by atoms with van der Waals surface area (Å²) in [6.45, 7) is 6.91. The van der Waals surface area contributed by atoms with Gasteiger partial charge in [0.15, 0.2) is 5.96 Å². The fourth-order valence-electron chi connectivity index (χ4n) is 4.25. The van der Waals surface area contributed by atoms with Crippen LogP contribution in [0.5, 0.6) is 0 Å². The highest BCUT2D eigenvalue weighted by atomic mass is 16.5. The van der Waals surface area contributed by atoms with Gasteiger partial charge in [0, 0.05) is 50.4 Å². The van der Waals surface area contributed by atoms with Crippen LogP contribution in [0.15, 0.2) is 23.7 Å². The van der Waals surface area contributed by atoms with Crippen molar-refractivity contribution in [1.29, 1.82) is 0 Å². The van der Waals surface area contributed by atoms with Crippen LogP contribution in [0.1, 0.15) is 19.8 Å². The second-order valence-corrected chi connectivity index (χ2v) is 6.56. The first-order chi connectivity index (χ1) is 10.8. The molecule has 1 aromatic rings. The SMILES string of the molecule is CCNC(=NCCn1ccnc1)N1CC2C3CCC(O3)C2C1. The Bertz CT molecular complexity index is 511. The van der Waals surface area contributed by atoms with Gasteiger partial charge in [-0.05, 0) is 19.8 Å². The predicted molar refractivity (Wildman–Crippen MR) is 84.7 cm³/mol. The van der Waals surface area contributed by atoms with Crippen molar-refractivity contribution in [2.24, 2.45) is 16.8 Å². The molecule has 3 saturated heterocycles. The van der Waals surface area contributed by atoms with Crippen LogP contribution in [0.2, 0.25) is 0 Å². The number of nitrogens with zero attached hydrogens (tertiary/aromatic N) is 4. The number of likely N-dealkylation sites (tertiary alicyclic amines) is 1. The first-order valence-electron chi connectivity index (χ1n) is 8.49. The van der Waals surface area contributed by atoms with Gasteiger partial charge < -0.3 is 19.5 Å². The van der Waals surface area contributed by atoms with E-state index in [0.717, 1.165) is 50.5 Å². The number of guanidine groups is 1. The summed E-state index contributed by atoms with van der Waals surface area (Å²) in [7, 11) is 0. The van der Waals surface area contributed by atoms with E-state index in [0.29, 0.717) is 12.2 Å². The lowest BCUT2D eigenvalue weighted by molar-refractivity contribution is 0.0767. The van der Waals surface area contributed by atoms with E-state index >= 15 is 0 Å². The molecule has 3 aliphatic heterocycles. The van der Waals surface area contributed by atoms with Crippen molar-refractivity contribution < 1.29 is 4.74 Å². The Morgan fingerprint density at radius 1 is 1.32 bits per heavy atom. The molecule has 4 atom stereocenters. The predicted octanol–water partition coefficient (Wildman–Crippen LogP) is 0.958. The molecule has 4 rings (SSSR count). The van der Waals surface area contributed by atoms with Gasteiger partial charge in [-0.2, -0.15) is 0 Å². The highest BCUT2D eigenvalue weighted by molar-refractivity contribution is 5.80. The van der Waals surface area contributed by atoms with E-state index in [1.807, 2.05) is 18.7 Å². The van der Waals surface area contributed by atoms with Crippen molar-refractivity contribution in [3.63, 3.8) is 0 Å². The lowest BCUT2D eigenvalue weighted by Crippen LogP contribution is -2.41. The van der Waals surface area contributed by atoms with Crippen LogP contribution in [0.4, 0.5) is 0 Å². The smallest absolute Gasteiger partial charge is 0.193 e. The highest BCUT2D eigenvalue weighted by Crippen LogP contribution is 2.47. The topological polar surface area (TPSA) is 54.7 Å². The number of hydrogen-bond donors (Lipinski definition) is 1. The molecule has 0 aromatic carbocycles. The molecule has 1 aromatic heterocycles. The second kappa shape index (κ2) is 5.91. The molecule has 1 N–H and O–H groups in total. The van der Waals surface area contributed by atoms with Crippen LogP contribution >= 0.6 is 0 Å². The number of ether oxygens (including phenoxy) is 1. The van der Waals surface area contributed by atoms with E-state index in [4.69, 9.17) is 9.73 Å². The molecule has 22 heavy (non-hydrogen) atoms. The van der Waals surface area contributed by atoms with Crippen molar-refractivity contribution >= 4 is 5.96 Å². The van der Waals surface area contributed by atoms with Crippen molar-refractivity contribution in [2.75, 3.05) is 26.2 Å². The van der Waals surface area contributed by atoms with Gasteiger partial charge in [0.1, 0.15) is 0 Å². The van der Waals surface area contributed by atoms with E-state index in [1.165, 1.54) is 12.8 Å². The summed E-state index contributed by atoms with van der Waals surface area (Å²) in [5, 5.41) is 3.45. The molecule has 6 heteroatoms. The summed E-state index contributed by atoms with van der Waals surface area (Å²) in [5.74, 6) is 2.50. The average molecular weight is 303 g/mol. The van der Waals surface area contributed by atoms with Crippen LogP contribution in [0, 0.1) is 11.8 Å². The quantitative estimate of drug-likeness (QED) is 0.665. The molecule has 3 aliphatic rings. The third-order valence-corrected chi connectivity index (χ3v) is 5.27. The van der Waals surface area contributed by atoms with Crippen LogP contribution in [-0.2, 0) is 11.3 Å². The largest absolute Gasteiger partial charge is 0.374 e. The molecule has 3 fully saturated rings. The van der Waals surface area contributed by atoms with Crippen LogP contribution in [0.25, 0.3) is 0 Å². The van der Waals surface area contributed by atoms with E-state index in [-0.39, 0.29) is 0 Å². The molecule has 4 unspecified atom stereocenters. The van der Waals surface area contributed by atoms with Crippen molar-refractivity contribution in [2.45, 2.75) is 38.5 Å². The molecule has 0 amide bonds. The molecule has 2 bridgehead atoms. The Kier molecular flexibility index (Phi) is 3.78. The van der Waals surface area contributed by atoms with Gasteiger partial charge in [0.25, 0.3) is 0 Å². The van der Waals surface area contributed by atoms with Gasteiger partial charge in [-0.25, -0.2) is 4.98 Å². The zero-order valence-electron chi connectivity index (χ0n) is 13.2. The Hall–Kier alpha value is -1.56. The second-order valence-electron chi connectivity index (χ2n) is 6.56. The van der Waals surface area contributed by atoms with Gasteiger partial charge >= 0.3 is 0 Å². The number of fused-ring (bicyclic) bond motifs is 5. The van der Waals surface area contributed by atoms with E-state index in [9.17, 15) is 0 Å².